The van der Waals surface area contributed by atoms with E-state index in [1.807, 2.05) is 25.2 Å². The van der Waals surface area contributed by atoms with Crippen LogP contribution in [0.2, 0.25) is 0 Å². The molecule has 0 saturated carbocycles. The Kier molecular flexibility index (Phi) is 4.86. The number of hydrogen-bond donors (Lipinski definition) is 0. The van der Waals surface area contributed by atoms with Crippen molar-refractivity contribution < 1.29 is 9.63 Å². The molecule has 0 N–H and O–H groups in total. The van der Waals surface area contributed by atoms with E-state index in [1.54, 1.807) is 0 Å². The summed E-state index contributed by atoms with van der Waals surface area (Å²) in [6.45, 7) is 9.65. The van der Waals surface area contributed by atoms with Gasteiger partial charge < -0.3 is 0 Å². The predicted molar refractivity (Wildman–Crippen MR) is 78.9 cm³/mol. The Bertz CT molecular complexity index is 412. The van der Waals surface area contributed by atoms with Gasteiger partial charge in [0.15, 0.2) is 0 Å². The third-order valence-electron chi connectivity index (χ3n) is 3.95. The number of allylic oxidation sites excluding steroid dienone is 2. The van der Waals surface area contributed by atoms with E-state index in [1.165, 1.54) is 19.1 Å². The number of hydrogen-bond acceptors (Lipinski definition) is 2. The smallest absolute Gasteiger partial charge is 0.243 e. The van der Waals surface area contributed by atoms with Gasteiger partial charge in [0, 0.05) is 6.92 Å². The molecule has 1 aliphatic carbocycles. The van der Waals surface area contributed by atoms with E-state index in [9.17, 15) is 4.79 Å². The fourth-order valence-corrected chi connectivity index (χ4v) is 3.81. The van der Waals surface area contributed by atoms with Crippen LogP contribution in [0.4, 0.5) is 0 Å². The minimum atomic E-state index is -0.705. The maximum absolute atomic E-state index is 12.0. The average Bonchev–Trinajstić information content (AvgIpc) is 2.30. The van der Waals surface area contributed by atoms with Gasteiger partial charge in [-0.25, -0.2) is 5.06 Å². The van der Waals surface area contributed by atoms with E-state index < -0.39 is 10.4 Å². The molecule has 108 valence electrons. The van der Waals surface area contributed by atoms with Crippen LogP contribution < -0.4 is 0 Å². The maximum Gasteiger partial charge on any atom is 0.243 e. The Morgan fingerprint density at radius 1 is 1.53 bits per heavy atom. The van der Waals surface area contributed by atoms with E-state index in [2.05, 4.69) is 20.8 Å². The van der Waals surface area contributed by atoms with Crippen molar-refractivity contribution in [2.45, 2.75) is 51.5 Å². The summed E-state index contributed by atoms with van der Waals surface area (Å²) in [6, 6.07) is 0. The van der Waals surface area contributed by atoms with E-state index >= 15 is 0 Å². The Balaban J connectivity index is 3.57. The monoisotopic (exact) mass is 285 g/mol. The normalized spacial score (nSPS) is 30.4. The summed E-state index contributed by atoms with van der Waals surface area (Å²) >= 11 is 6.78. The van der Waals surface area contributed by atoms with Gasteiger partial charge >= 0.3 is 0 Å². The van der Waals surface area contributed by atoms with Crippen molar-refractivity contribution in [3.05, 3.63) is 23.8 Å². The molecule has 0 radical (unpaired) electrons. The van der Waals surface area contributed by atoms with Crippen LogP contribution in [0, 0.1) is 5.92 Å². The van der Waals surface area contributed by atoms with Gasteiger partial charge in [-0.1, -0.05) is 39.0 Å². The highest BCUT2D eigenvalue weighted by Crippen LogP contribution is 2.49. The summed E-state index contributed by atoms with van der Waals surface area (Å²) in [6.07, 6.45) is 6.75. The molecule has 1 aliphatic rings. The average molecular weight is 286 g/mol. The number of alkyl halides is 1. The van der Waals surface area contributed by atoms with Crippen molar-refractivity contribution in [1.29, 1.82) is 0 Å². The van der Waals surface area contributed by atoms with Crippen LogP contribution in [-0.2, 0) is 9.63 Å². The van der Waals surface area contributed by atoms with Gasteiger partial charge in [-0.2, -0.15) is 0 Å². The van der Waals surface area contributed by atoms with Gasteiger partial charge in [-0.3, -0.25) is 9.63 Å². The maximum atomic E-state index is 12.0. The number of hydroxylamine groups is 2. The molecule has 0 heterocycles. The topological polar surface area (TPSA) is 29.5 Å². The lowest BCUT2D eigenvalue weighted by atomic mass is 9.67. The van der Waals surface area contributed by atoms with Crippen molar-refractivity contribution in [2.24, 2.45) is 5.92 Å². The van der Waals surface area contributed by atoms with Crippen molar-refractivity contribution >= 4 is 17.5 Å². The molecule has 0 aromatic heterocycles. The van der Waals surface area contributed by atoms with Crippen LogP contribution in [-0.4, -0.2) is 28.5 Å². The zero-order chi connectivity index (χ0) is 14.8. The lowest BCUT2D eigenvalue weighted by molar-refractivity contribution is -0.212. The zero-order valence-corrected chi connectivity index (χ0v) is 13.4. The highest BCUT2D eigenvalue weighted by Gasteiger charge is 2.57. The molecule has 0 aromatic carbocycles. The molecule has 1 rings (SSSR count). The highest BCUT2D eigenvalue weighted by atomic mass is 35.5. The van der Waals surface area contributed by atoms with E-state index in [0.29, 0.717) is 0 Å². The summed E-state index contributed by atoms with van der Waals surface area (Å²) < 4.78 is 0. The number of rotatable bonds is 4. The fourth-order valence-electron chi connectivity index (χ4n) is 3.32. The molecule has 0 aromatic rings. The number of amides is 1. The SMILES string of the molecule is CCC1=CC=CC(C)(Cl)C1(C(C)C)N(OC)C(C)=O. The van der Waals surface area contributed by atoms with Crippen LogP contribution in [0.15, 0.2) is 23.8 Å². The first-order valence-electron chi connectivity index (χ1n) is 6.68. The predicted octanol–water partition coefficient (Wildman–Crippen LogP) is 3.69. The van der Waals surface area contributed by atoms with Crippen molar-refractivity contribution in [1.82, 2.24) is 5.06 Å². The Morgan fingerprint density at radius 2 is 2.11 bits per heavy atom. The Morgan fingerprint density at radius 3 is 2.47 bits per heavy atom. The van der Waals surface area contributed by atoms with Crippen LogP contribution in [0.3, 0.4) is 0 Å². The van der Waals surface area contributed by atoms with Crippen molar-refractivity contribution in [3.63, 3.8) is 0 Å². The first-order chi connectivity index (χ1) is 8.75. The molecular formula is C15H24ClNO2. The molecule has 1 amide bonds. The quantitative estimate of drug-likeness (QED) is 0.582. The number of carbonyl (C=O) groups excluding carboxylic acids is 1. The first-order valence-corrected chi connectivity index (χ1v) is 7.06. The fraction of sp³-hybridized carbons (Fsp3) is 0.667. The molecular weight excluding hydrogens is 262 g/mol. The van der Waals surface area contributed by atoms with E-state index in [4.69, 9.17) is 16.4 Å². The standard InChI is InChI=1S/C15H24ClNO2/c1-7-13-9-8-10-14(5,16)15(13,11(2)3)17(19-6)12(4)18/h8-11H,7H2,1-6H3. The van der Waals surface area contributed by atoms with E-state index in [0.717, 1.165) is 12.0 Å². The number of halogens is 1. The molecule has 3 nitrogen and oxygen atoms in total. The minimum Gasteiger partial charge on any atom is -0.273 e. The van der Waals surface area contributed by atoms with Crippen LogP contribution in [0.25, 0.3) is 0 Å². The number of nitrogens with zero attached hydrogens (tertiary/aromatic N) is 1. The second-order valence-corrected chi connectivity index (χ2v) is 6.18. The van der Waals surface area contributed by atoms with Gasteiger partial charge in [0.05, 0.1) is 12.0 Å². The third kappa shape index (κ3) is 2.34. The van der Waals surface area contributed by atoms with Gasteiger partial charge in [-0.15, -0.1) is 11.6 Å². The van der Waals surface area contributed by atoms with Gasteiger partial charge in [-0.05, 0) is 24.8 Å². The molecule has 0 saturated heterocycles. The van der Waals surface area contributed by atoms with Crippen LogP contribution >= 0.6 is 11.6 Å². The second-order valence-electron chi connectivity index (χ2n) is 5.40. The van der Waals surface area contributed by atoms with Gasteiger partial charge in [0.1, 0.15) is 5.54 Å². The first kappa shape index (κ1) is 16.3. The lowest BCUT2D eigenvalue weighted by Crippen LogP contribution is -2.65. The Hall–Kier alpha value is -0.800. The molecule has 2 unspecified atom stereocenters. The summed E-state index contributed by atoms with van der Waals surface area (Å²) in [5, 5.41) is 1.43. The van der Waals surface area contributed by atoms with Crippen molar-refractivity contribution in [3.8, 4) is 0 Å². The van der Waals surface area contributed by atoms with Crippen LogP contribution in [0.1, 0.15) is 41.0 Å². The zero-order valence-electron chi connectivity index (χ0n) is 12.7. The van der Waals surface area contributed by atoms with E-state index in [-0.39, 0.29) is 11.8 Å². The van der Waals surface area contributed by atoms with Crippen molar-refractivity contribution in [2.75, 3.05) is 7.11 Å². The van der Waals surface area contributed by atoms with Gasteiger partial charge in [0.2, 0.25) is 5.91 Å². The molecule has 19 heavy (non-hydrogen) atoms. The molecule has 0 aliphatic heterocycles. The van der Waals surface area contributed by atoms with Gasteiger partial charge in [0.25, 0.3) is 0 Å². The summed E-state index contributed by atoms with van der Waals surface area (Å²) in [5.74, 6) is -0.0206. The summed E-state index contributed by atoms with van der Waals surface area (Å²) in [4.78, 5) is 16.7. The van der Waals surface area contributed by atoms with Crippen LogP contribution in [0.5, 0.6) is 0 Å². The summed E-state index contributed by atoms with van der Waals surface area (Å²) in [7, 11) is 1.52. The molecule has 4 heteroatoms. The molecule has 0 fully saturated rings. The molecule has 0 bridgehead atoms. The third-order valence-corrected chi connectivity index (χ3v) is 4.36. The minimum absolute atomic E-state index is 0.120. The largest absolute Gasteiger partial charge is 0.273 e. The number of carbonyl (C=O) groups is 1. The lowest BCUT2D eigenvalue weighted by Gasteiger charge is -2.54. The Labute approximate surface area is 121 Å². The molecule has 0 spiro atoms. The molecule has 2 atom stereocenters. The second kappa shape index (κ2) is 5.68. The highest BCUT2D eigenvalue weighted by molar-refractivity contribution is 6.26. The summed E-state index contributed by atoms with van der Waals surface area (Å²) in [5.41, 5.74) is 0.443.